The Balaban J connectivity index is 2.82. The number of esters is 1. The van der Waals surface area contributed by atoms with Crippen molar-refractivity contribution in [2.45, 2.75) is 19.9 Å². The van der Waals surface area contributed by atoms with Crippen LogP contribution in [-0.2, 0) is 9.53 Å². The molecular formula is C14H19NO2. The van der Waals surface area contributed by atoms with Gasteiger partial charge in [0.05, 0.1) is 7.11 Å². The Bertz CT molecular complexity index is 384. The highest BCUT2D eigenvalue weighted by Crippen LogP contribution is 2.17. The number of para-hydroxylation sites is 1. The topological polar surface area (TPSA) is 29.5 Å². The lowest BCUT2D eigenvalue weighted by atomic mass is 10.2. The minimum atomic E-state index is -0.355. The Hall–Kier alpha value is -1.77. The highest BCUT2D eigenvalue weighted by molar-refractivity contribution is 5.88. The average Bonchev–Trinajstić information content (AvgIpc) is 2.35. The van der Waals surface area contributed by atoms with Crippen LogP contribution < -0.4 is 4.90 Å². The third-order valence-electron chi connectivity index (χ3n) is 2.55. The van der Waals surface area contributed by atoms with E-state index in [-0.39, 0.29) is 5.97 Å². The van der Waals surface area contributed by atoms with Gasteiger partial charge in [0.1, 0.15) is 0 Å². The molecule has 0 N–H and O–H groups in total. The van der Waals surface area contributed by atoms with Crippen LogP contribution in [0.1, 0.15) is 13.8 Å². The number of carbonyl (C=O) groups excluding carboxylic acids is 1. The molecule has 92 valence electrons. The van der Waals surface area contributed by atoms with Crippen molar-refractivity contribution in [1.29, 1.82) is 0 Å². The van der Waals surface area contributed by atoms with E-state index in [1.807, 2.05) is 30.3 Å². The molecule has 0 unspecified atom stereocenters. The minimum Gasteiger partial charge on any atom is -0.466 e. The Morgan fingerprint density at radius 2 is 1.94 bits per heavy atom. The van der Waals surface area contributed by atoms with Gasteiger partial charge in [-0.25, -0.2) is 4.79 Å². The zero-order valence-corrected chi connectivity index (χ0v) is 10.6. The molecule has 1 aromatic carbocycles. The molecule has 0 bridgehead atoms. The molecule has 0 aromatic heterocycles. The van der Waals surface area contributed by atoms with Gasteiger partial charge in [-0.3, -0.25) is 0 Å². The summed E-state index contributed by atoms with van der Waals surface area (Å²) >= 11 is 0. The molecule has 0 amide bonds. The van der Waals surface area contributed by atoms with Gasteiger partial charge in [-0.05, 0) is 26.0 Å². The van der Waals surface area contributed by atoms with E-state index in [2.05, 4.69) is 30.1 Å². The summed E-state index contributed by atoms with van der Waals surface area (Å²) in [6.45, 7) is 8.40. The average molecular weight is 233 g/mol. The number of carbonyl (C=O) groups is 1. The maximum atomic E-state index is 11.4. The molecule has 0 aliphatic heterocycles. The lowest BCUT2D eigenvalue weighted by Gasteiger charge is -2.29. The fraction of sp³-hybridized carbons (Fsp3) is 0.357. The zero-order valence-electron chi connectivity index (χ0n) is 10.6. The number of methoxy groups -OCH3 is 1. The molecule has 0 aliphatic rings. The predicted octanol–water partition coefficient (Wildman–Crippen LogP) is 2.63. The first kappa shape index (κ1) is 13.3. The summed E-state index contributed by atoms with van der Waals surface area (Å²) in [4.78, 5) is 13.5. The van der Waals surface area contributed by atoms with Crippen LogP contribution in [0.5, 0.6) is 0 Å². The van der Waals surface area contributed by atoms with Crippen molar-refractivity contribution in [2.75, 3.05) is 18.6 Å². The number of benzene rings is 1. The molecule has 0 heterocycles. The Morgan fingerprint density at radius 3 is 2.41 bits per heavy atom. The molecule has 1 rings (SSSR count). The van der Waals surface area contributed by atoms with E-state index in [0.29, 0.717) is 18.2 Å². The summed E-state index contributed by atoms with van der Waals surface area (Å²) in [5.74, 6) is -0.355. The van der Waals surface area contributed by atoms with Gasteiger partial charge < -0.3 is 9.64 Å². The number of anilines is 1. The number of nitrogens with zero attached hydrogens (tertiary/aromatic N) is 1. The normalized spacial score (nSPS) is 10.1. The van der Waals surface area contributed by atoms with Crippen LogP contribution in [-0.4, -0.2) is 25.7 Å². The Kier molecular flexibility index (Phi) is 4.76. The van der Waals surface area contributed by atoms with Crippen LogP contribution in [0.25, 0.3) is 0 Å². The molecule has 0 saturated heterocycles. The summed E-state index contributed by atoms with van der Waals surface area (Å²) in [5, 5.41) is 0. The molecule has 0 radical (unpaired) electrons. The molecule has 0 fully saturated rings. The van der Waals surface area contributed by atoms with Crippen molar-refractivity contribution in [3.63, 3.8) is 0 Å². The molecular weight excluding hydrogens is 214 g/mol. The lowest BCUT2D eigenvalue weighted by molar-refractivity contribution is -0.136. The van der Waals surface area contributed by atoms with Crippen molar-refractivity contribution in [3.05, 3.63) is 42.5 Å². The molecule has 0 atom stereocenters. The molecule has 17 heavy (non-hydrogen) atoms. The van der Waals surface area contributed by atoms with E-state index in [4.69, 9.17) is 0 Å². The zero-order chi connectivity index (χ0) is 12.8. The summed E-state index contributed by atoms with van der Waals surface area (Å²) in [6.07, 6.45) is 0. The summed E-state index contributed by atoms with van der Waals surface area (Å²) in [7, 11) is 1.37. The fourth-order valence-electron chi connectivity index (χ4n) is 1.61. The first-order valence-electron chi connectivity index (χ1n) is 5.64. The van der Waals surface area contributed by atoms with Gasteiger partial charge in [-0.15, -0.1) is 0 Å². The van der Waals surface area contributed by atoms with Crippen LogP contribution in [0.2, 0.25) is 0 Å². The van der Waals surface area contributed by atoms with Crippen LogP contribution >= 0.6 is 0 Å². The molecule has 0 spiro atoms. The quantitative estimate of drug-likeness (QED) is 0.578. The van der Waals surface area contributed by atoms with Crippen molar-refractivity contribution in [3.8, 4) is 0 Å². The second-order valence-corrected chi connectivity index (χ2v) is 4.15. The standard InChI is InChI=1S/C14H19NO2/c1-11(2)15(10-12(3)14(16)17-4)13-8-6-5-7-9-13/h5-9,11H,3,10H2,1-2,4H3. The first-order chi connectivity index (χ1) is 8.06. The summed E-state index contributed by atoms with van der Waals surface area (Å²) in [6, 6.07) is 10.3. The number of rotatable bonds is 5. The maximum absolute atomic E-state index is 11.4. The van der Waals surface area contributed by atoms with E-state index in [1.165, 1.54) is 7.11 Å². The van der Waals surface area contributed by atoms with Crippen molar-refractivity contribution in [1.82, 2.24) is 0 Å². The second-order valence-electron chi connectivity index (χ2n) is 4.15. The lowest BCUT2D eigenvalue weighted by Crippen LogP contribution is -2.34. The third kappa shape index (κ3) is 3.63. The van der Waals surface area contributed by atoms with Gasteiger partial charge in [-0.2, -0.15) is 0 Å². The maximum Gasteiger partial charge on any atom is 0.334 e. The monoisotopic (exact) mass is 233 g/mol. The van der Waals surface area contributed by atoms with Gasteiger partial charge in [0.25, 0.3) is 0 Å². The number of hydrogen-bond donors (Lipinski definition) is 0. The van der Waals surface area contributed by atoms with E-state index < -0.39 is 0 Å². The van der Waals surface area contributed by atoms with Crippen LogP contribution in [0.3, 0.4) is 0 Å². The molecule has 0 aliphatic carbocycles. The van der Waals surface area contributed by atoms with Crippen molar-refractivity contribution in [2.24, 2.45) is 0 Å². The van der Waals surface area contributed by atoms with Gasteiger partial charge in [0, 0.05) is 23.8 Å². The van der Waals surface area contributed by atoms with Gasteiger partial charge >= 0.3 is 5.97 Å². The van der Waals surface area contributed by atoms with E-state index in [1.54, 1.807) is 0 Å². The second kappa shape index (κ2) is 6.09. The van der Waals surface area contributed by atoms with Crippen molar-refractivity contribution >= 4 is 11.7 Å². The Morgan fingerprint density at radius 1 is 1.35 bits per heavy atom. The predicted molar refractivity (Wildman–Crippen MR) is 70.1 cm³/mol. The summed E-state index contributed by atoms with van der Waals surface area (Å²) in [5.41, 5.74) is 1.54. The van der Waals surface area contributed by atoms with Crippen molar-refractivity contribution < 1.29 is 9.53 Å². The highest BCUT2D eigenvalue weighted by atomic mass is 16.5. The summed E-state index contributed by atoms with van der Waals surface area (Å²) < 4.78 is 4.66. The van der Waals surface area contributed by atoms with E-state index in [9.17, 15) is 4.79 Å². The minimum absolute atomic E-state index is 0.291. The third-order valence-corrected chi connectivity index (χ3v) is 2.55. The van der Waals surface area contributed by atoms with Crippen LogP contribution in [0.4, 0.5) is 5.69 Å². The fourth-order valence-corrected chi connectivity index (χ4v) is 1.61. The number of ether oxygens (including phenoxy) is 1. The Labute approximate surface area is 103 Å². The molecule has 1 aromatic rings. The van der Waals surface area contributed by atoms with E-state index >= 15 is 0 Å². The number of hydrogen-bond acceptors (Lipinski definition) is 3. The van der Waals surface area contributed by atoms with Gasteiger partial charge in [0.2, 0.25) is 0 Å². The van der Waals surface area contributed by atoms with Crippen LogP contribution in [0, 0.1) is 0 Å². The van der Waals surface area contributed by atoms with Crippen LogP contribution in [0.15, 0.2) is 42.5 Å². The molecule has 0 saturated carbocycles. The van der Waals surface area contributed by atoms with Gasteiger partial charge in [-0.1, -0.05) is 24.8 Å². The van der Waals surface area contributed by atoms with E-state index in [0.717, 1.165) is 5.69 Å². The smallest absolute Gasteiger partial charge is 0.334 e. The highest BCUT2D eigenvalue weighted by Gasteiger charge is 2.15. The molecule has 3 heteroatoms. The first-order valence-corrected chi connectivity index (χ1v) is 5.64. The SMILES string of the molecule is C=C(CN(c1ccccc1)C(C)C)C(=O)OC. The van der Waals surface area contributed by atoms with Gasteiger partial charge in [0.15, 0.2) is 0 Å². The largest absolute Gasteiger partial charge is 0.466 e. The molecule has 3 nitrogen and oxygen atoms in total.